The fourth-order valence-corrected chi connectivity index (χ4v) is 2.57. The van der Waals surface area contributed by atoms with Crippen LogP contribution in [0, 0.1) is 12.8 Å². The van der Waals surface area contributed by atoms with Crippen molar-refractivity contribution in [1.82, 2.24) is 14.7 Å². The summed E-state index contributed by atoms with van der Waals surface area (Å²) in [5, 5.41) is 12.6. The number of hydrogen-bond donors (Lipinski definition) is 2. The van der Waals surface area contributed by atoms with Crippen molar-refractivity contribution in [3.63, 3.8) is 0 Å². The standard InChI is InChI=1S/C15H19N3O/c1-11-2-5-15-17-8-14(18(15)9-11)7-16-13-4-3-12(6-13)10-19/h2-5,8-9,12-13,16,19H,6-7,10H2,1H3/t12-,13+/m0/s1. The summed E-state index contributed by atoms with van der Waals surface area (Å²) in [7, 11) is 0. The number of aliphatic hydroxyl groups excluding tert-OH is 1. The molecule has 2 N–H and O–H groups in total. The van der Waals surface area contributed by atoms with Gasteiger partial charge in [-0.15, -0.1) is 0 Å². The molecular weight excluding hydrogens is 238 g/mol. The highest BCUT2D eigenvalue weighted by atomic mass is 16.3. The second-order valence-corrected chi connectivity index (χ2v) is 5.23. The van der Waals surface area contributed by atoms with Gasteiger partial charge in [0.15, 0.2) is 0 Å². The lowest BCUT2D eigenvalue weighted by Gasteiger charge is -2.12. The molecule has 0 aliphatic heterocycles. The molecule has 19 heavy (non-hydrogen) atoms. The van der Waals surface area contributed by atoms with Crippen LogP contribution in [-0.4, -0.2) is 27.1 Å². The predicted octanol–water partition coefficient (Wildman–Crippen LogP) is 1.67. The van der Waals surface area contributed by atoms with Crippen molar-refractivity contribution >= 4 is 5.65 Å². The summed E-state index contributed by atoms with van der Waals surface area (Å²) in [5.74, 6) is 0.307. The molecule has 0 aromatic carbocycles. The minimum Gasteiger partial charge on any atom is -0.396 e. The normalized spacial score (nSPS) is 22.4. The smallest absolute Gasteiger partial charge is 0.136 e. The number of nitrogens with zero attached hydrogens (tertiary/aromatic N) is 2. The van der Waals surface area contributed by atoms with Crippen LogP contribution in [0.25, 0.3) is 5.65 Å². The number of pyridine rings is 1. The van der Waals surface area contributed by atoms with Gasteiger partial charge in [0.1, 0.15) is 5.65 Å². The first-order chi connectivity index (χ1) is 9.26. The topological polar surface area (TPSA) is 49.6 Å². The van der Waals surface area contributed by atoms with E-state index in [1.165, 1.54) is 11.3 Å². The van der Waals surface area contributed by atoms with Crippen molar-refractivity contribution in [3.8, 4) is 0 Å². The Morgan fingerprint density at radius 1 is 1.42 bits per heavy atom. The Morgan fingerprint density at radius 3 is 3.11 bits per heavy atom. The maximum absolute atomic E-state index is 9.11. The van der Waals surface area contributed by atoms with Crippen LogP contribution in [0.5, 0.6) is 0 Å². The predicted molar refractivity (Wildman–Crippen MR) is 74.9 cm³/mol. The minimum absolute atomic E-state index is 0.240. The Morgan fingerprint density at radius 2 is 2.32 bits per heavy atom. The lowest BCUT2D eigenvalue weighted by atomic mass is 10.1. The molecule has 0 radical (unpaired) electrons. The molecule has 2 aromatic heterocycles. The Bertz CT molecular complexity index is 602. The molecular formula is C15H19N3O. The van der Waals surface area contributed by atoms with Gasteiger partial charge in [-0.25, -0.2) is 4.98 Å². The van der Waals surface area contributed by atoms with E-state index in [1.807, 2.05) is 12.3 Å². The molecule has 0 saturated carbocycles. The summed E-state index contributed by atoms with van der Waals surface area (Å²) >= 11 is 0. The third-order valence-corrected chi connectivity index (χ3v) is 3.68. The Kier molecular flexibility index (Phi) is 3.36. The van der Waals surface area contributed by atoms with Gasteiger partial charge < -0.3 is 14.8 Å². The minimum atomic E-state index is 0.240. The molecule has 4 heteroatoms. The SMILES string of the molecule is Cc1ccc2ncc(CN[C@@H]3C=C[C@H](CO)C3)n2c1. The van der Waals surface area contributed by atoms with Crippen molar-refractivity contribution in [1.29, 1.82) is 0 Å². The van der Waals surface area contributed by atoms with Crippen molar-refractivity contribution in [2.75, 3.05) is 6.61 Å². The number of hydrogen-bond acceptors (Lipinski definition) is 3. The fourth-order valence-electron chi connectivity index (χ4n) is 2.57. The molecule has 1 aliphatic rings. The molecule has 0 spiro atoms. The van der Waals surface area contributed by atoms with Crippen LogP contribution >= 0.6 is 0 Å². The maximum Gasteiger partial charge on any atom is 0.136 e. The largest absolute Gasteiger partial charge is 0.396 e. The third kappa shape index (κ3) is 2.55. The average molecular weight is 257 g/mol. The lowest BCUT2D eigenvalue weighted by molar-refractivity contribution is 0.246. The van der Waals surface area contributed by atoms with Crippen LogP contribution in [0.1, 0.15) is 17.7 Å². The van der Waals surface area contributed by atoms with Gasteiger partial charge in [-0.1, -0.05) is 18.2 Å². The van der Waals surface area contributed by atoms with Gasteiger partial charge in [-0.3, -0.25) is 0 Å². The van der Waals surface area contributed by atoms with E-state index in [4.69, 9.17) is 5.11 Å². The number of aryl methyl sites for hydroxylation is 1. The molecule has 0 saturated heterocycles. The summed E-state index contributed by atoms with van der Waals surface area (Å²) in [4.78, 5) is 4.40. The zero-order valence-electron chi connectivity index (χ0n) is 11.1. The number of rotatable bonds is 4. The zero-order valence-corrected chi connectivity index (χ0v) is 11.1. The molecule has 4 nitrogen and oxygen atoms in total. The number of aliphatic hydroxyl groups is 1. The quantitative estimate of drug-likeness (QED) is 0.819. The van der Waals surface area contributed by atoms with E-state index in [1.54, 1.807) is 0 Å². The van der Waals surface area contributed by atoms with Crippen LogP contribution < -0.4 is 5.32 Å². The van der Waals surface area contributed by atoms with Crippen molar-refractivity contribution in [2.24, 2.45) is 5.92 Å². The lowest BCUT2D eigenvalue weighted by Crippen LogP contribution is -2.26. The molecule has 1 aliphatic carbocycles. The fraction of sp³-hybridized carbons (Fsp3) is 0.400. The highest BCUT2D eigenvalue weighted by Crippen LogP contribution is 2.17. The first kappa shape index (κ1) is 12.4. The number of aromatic nitrogens is 2. The van der Waals surface area contributed by atoms with Crippen LogP contribution in [0.15, 0.2) is 36.7 Å². The number of fused-ring (bicyclic) bond motifs is 1. The number of nitrogens with one attached hydrogen (secondary N) is 1. The van der Waals surface area contributed by atoms with Gasteiger partial charge in [0, 0.05) is 31.3 Å². The summed E-state index contributed by atoms with van der Waals surface area (Å²) < 4.78 is 2.13. The van der Waals surface area contributed by atoms with Gasteiger partial charge in [-0.05, 0) is 25.0 Å². The first-order valence-corrected chi connectivity index (χ1v) is 6.71. The van der Waals surface area contributed by atoms with Crippen LogP contribution in [0.2, 0.25) is 0 Å². The zero-order chi connectivity index (χ0) is 13.2. The van der Waals surface area contributed by atoms with E-state index in [9.17, 15) is 0 Å². The van der Waals surface area contributed by atoms with Crippen molar-refractivity contribution in [3.05, 3.63) is 47.9 Å². The van der Waals surface area contributed by atoms with Gasteiger partial charge in [0.25, 0.3) is 0 Å². The molecule has 2 atom stereocenters. The summed E-state index contributed by atoms with van der Waals surface area (Å²) in [6.45, 7) is 3.11. The second kappa shape index (κ2) is 5.15. The van der Waals surface area contributed by atoms with Crippen LogP contribution in [0.4, 0.5) is 0 Å². The third-order valence-electron chi connectivity index (χ3n) is 3.68. The maximum atomic E-state index is 9.11. The molecule has 100 valence electrons. The summed E-state index contributed by atoms with van der Waals surface area (Å²) in [6.07, 6.45) is 9.25. The molecule has 3 rings (SSSR count). The van der Waals surface area contributed by atoms with Crippen molar-refractivity contribution < 1.29 is 5.11 Å². The van der Waals surface area contributed by atoms with Crippen molar-refractivity contribution in [2.45, 2.75) is 25.9 Å². The van der Waals surface area contributed by atoms with E-state index < -0.39 is 0 Å². The second-order valence-electron chi connectivity index (χ2n) is 5.23. The van der Waals surface area contributed by atoms with E-state index in [-0.39, 0.29) is 6.61 Å². The number of imidazole rings is 1. The van der Waals surface area contributed by atoms with Gasteiger partial charge >= 0.3 is 0 Å². The van der Waals surface area contributed by atoms with Crippen LogP contribution in [0.3, 0.4) is 0 Å². The molecule has 0 unspecified atom stereocenters. The van der Waals surface area contributed by atoms with E-state index in [0.717, 1.165) is 18.6 Å². The summed E-state index contributed by atoms with van der Waals surface area (Å²) in [6, 6.07) is 4.47. The van der Waals surface area contributed by atoms with Gasteiger partial charge in [0.2, 0.25) is 0 Å². The van der Waals surface area contributed by atoms with E-state index in [0.29, 0.717) is 12.0 Å². The average Bonchev–Trinajstić information content (AvgIpc) is 3.02. The molecule has 2 aromatic rings. The van der Waals surface area contributed by atoms with Gasteiger partial charge in [0.05, 0.1) is 11.9 Å². The summed E-state index contributed by atoms with van der Waals surface area (Å²) in [5.41, 5.74) is 3.38. The van der Waals surface area contributed by atoms with E-state index in [2.05, 4.69) is 46.0 Å². The van der Waals surface area contributed by atoms with E-state index >= 15 is 0 Å². The highest BCUT2D eigenvalue weighted by molar-refractivity contribution is 5.41. The Labute approximate surface area is 112 Å². The van der Waals surface area contributed by atoms with Gasteiger partial charge in [-0.2, -0.15) is 0 Å². The highest BCUT2D eigenvalue weighted by Gasteiger charge is 2.17. The molecule has 2 heterocycles. The first-order valence-electron chi connectivity index (χ1n) is 6.71. The molecule has 0 bridgehead atoms. The molecule has 0 fully saturated rings. The van der Waals surface area contributed by atoms with Crippen LogP contribution in [-0.2, 0) is 6.54 Å². The Hall–Kier alpha value is -1.65. The molecule has 0 amide bonds. The Balaban J connectivity index is 1.69. The monoisotopic (exact) mass is 257 g/mol.